The van der Waals surface area contributed by atoms with Crippen molar-refractivity contribution in [2.75, 3.05) is 26.8 Å². The van der Waals surface area contributed by atoms with E-state index in [1.807, 2.05) is 87.5 Å². The number of nitrogens with zero attached hydrogens (tertiary/aromatic N) is 3. The highest BCUT2D eigenvalue weighted by molar-refractivity contribution is 5.97. The number of fused-ring (bicyclic) bond motifs is 3. The van der Waals surface area contributed by atoms with E-state index in [4.69, 9.17) is 19.2 Å². The molecule has 1 saturated carbocycles. The number of rotatable bonds is 12. The number of carbonyl (C=O) groups is 5. The lowest BCUT2D eigenvalue weighted by Gasteiger charge is -2.42. The first kappa shape index (κ1) is 42.2. The number of unbranched alkanes of at least 4 members (excludes halogenated alkanes) is 2. The molecule has 2 aliphatic heterocycles. The molecule has 58 heavy (non-hydrogen) atoms. The molecule has 310 valence electrons. The first-order valence-corrected chi connectivity index (χ1v) is 20.4. The topological polar surface area (TPSA) is 165 Å². The maximum absolute atomic E-state index is 15.2. The molecule has 13 nitrogen and oxygen atoms in total. The van der Waals surface area contributed by atoms with E-state index < -0.39 is 52.9 Å². The molecule has 5 atom stereocenters. The minimum absolute atomic E-state index is 0.0231. The lowest BCUT2D eigenvalue weighted by molar-refractivity contribution is -0.154. The van der Waals surface area contributed by atoms with Gasteiger partial charge in [0.1, 0.15) is 35.2 Å². The summed E-state index contributed by atoms with van der Waals surface area (Å²) in [6.45, 7) is 7.89. The van der Waals surface area contributed by atoms with Crippen LogP contribution in [0.2, 0.25) is 0 Å². The molecule has 1 saturated heterocycles. The lowest BCUT2D eigenvalue weighted by atomic mass is 9.84. The van der Waals surface area contributed by atoms with Crippen molar-refractivity contribution in [3.05, 3.63) is 66.7 Å². The molecule has 3 amide bonds. The summed E-state index contributed by atoms with van der Waals surface area (Å²) in [5.41, 5.74) is 0.187. The van der Waals surface area contributed by atoms with Gasteiger partial charge in [0, 0.05) is 54.8 Å². The van der Waals surface area contributed by atoms with Crippen LogP contribution in [-0.4, -0.2) is 100 Å². The summed E-state index contributed by atoms with van der Waals surface area (Å²) in [6.07, 6.45) is 6.56. The minimum atomic E-state index is -1.26. The molecular formula is C45H56N4O9. The zero-order valence-corrected chi connectivity index (χ0v) is 34.2. The standard InChI is InChI=1S/C45H56N4O9/c1-6-57-43(55)45-27-30(45)18-12-8-13-19-38(50)48(23-15-9-14-20-39(51)52)40(44(2,3)4)42(54)49-28-32(25-36(49)41(53)47-45)58-37-26-34(29-16-10-7-11-17-29)46-35-24-31(56-5)21-22-33(35)37/h7,10-12,16-18,21-22,24,26,30,32,36,40H,6,8-9,13-15,19-20,23,25,27-28H2,1-5H3,(H,47,53)(H,51,52)/b18-12-/t30?,32-,36?,40-,45?/m1/s1. The average molecular weight is 797 g/mol. The highest BCUT2D eigenvalue weighted by atomic mass is 16.5. The molecule has 13 heteroatoms. The van der Waals surface area contributed by atoms with Crippen LogP contribution in [0.1, 0.15) is 85.5 Å². The van der Waals surface area contributed by atoms with E-state index in [0.29, 0.717) is 61.2 Å². The van der Waals surface area contributed by atoms with Crippen LogP contribution < -0.4 is 14.8 Å². The van der Waals surface area contributed by atoms with Crippen molar-refractivity contribution in [2.24, 2.45) is 11.3 Å². The number of esters is 1. The van der Waals surface area contributed by atoms with Gasteiger partial charge in [-0.15, -0.1) is 0 Å². The fourth-order valence-corrected chi connectivity index (χ4v) is 8.26. The summed E-state index contributed by atoms with van der Waals surface area (Å²) < 4.78 is 17.8. The van der Waals surface area contributed by atoms with Crippen molar-refractivity contribution in [3.63, 3.8) is 0 Å². The van der Waals surface area contributed by atoms with Crippen LogP contribution in [0.3, 0.4) is 0 Å². The molecular weight excluding hydrogens is 741 g/mol. The van der Waals surface area contributed by atoms with Gasteiger partial charge < -0.3 is 34.4 Å². The number of nitrogens with one attached hydrogen (secondary N) is 1. The van der Waals surface area contributed by atoms with Gasteiger partial charge in [0.15, 0.2) is 0 Å². The fraction of sp³-hybridized carbons (Fsp3) is 0.511. The van der Waals surface area contributed by atoms with Gasteiger partial charge >= 0.3 is 11.9 Å². The van der Waals surface area contributed by atoms with Gasteiger partial charge in [0.25, 0.3) is 0 Å². The van der Waals surface area contributed by atoms with Crippen LogP contribution in [0.5, 0.6) is 11.5 Å². The number of pyridine rings is 1. The number of carboxylic acid groups (broad SMARTS) is 1. The van der Waals surface area contributed by atoms with Crippen LogP contribution in [0.15, 0.2) is 66.7 Å². The van der Waals surface area contributed by atoms with E-state index in [0.717, 1.165) is 10.9 Å². The summed E-state index contributed by atoms with van der Waals surface area (Å²) in [4.78, 5) is 76.7. The van der Waals surface area contributed by atoms with Gasteiger partial charge in [0.05, 0.1) is 31.5 Å². The first-order valence-electron chi connectivity index (χ1n) is 20.4. The number of hydrogen-bond acceptors (Lipinski definition) is 9. The Labute approximate surface area is 340 Å². The third-order valence-electron chi connectivity index (χ3n) is 11.3. The summed E-state index contributed by atoms with van der Waals surface area (Å²) in [5, 5.41) is 12.9. The predicted molar refractivity (Wildman–Crippen MR) is 218 cm³/mol. The second-order valence-corrected chi connectivity index (χ2v) is 16.6. The summed E-state index contributed by atoms with van der Waals surface area (Å²) >= 11 is 0. The van der Waals surface area contributed by atoms with Crippen LogP contribution in [-0.2, 0) is 28.7 Å². The lowest BCUT2D eigenvalue weighted by Crippen LogP contribution is -2.60. The second kappa shape index (κ2) is 18.0. The largest absolute Gasteiger partial charge is 0.497 e. The number of ether oxygens (including phenoxy) is 3. The van der Waals surface area contributed by atoms with Gasteiger partial charge in [-0.25, -0.2) is 9.78 Å². The van der Waals surface area contributed by atoms with Crippen LogP contribution >= 0.6 is 0 Å². The molecule has 0 radical (unpaired) electrons. The number of carbonyl (C=O) groups excluding carboxylic acids is 4. The zero-order valence-electron chi connectivity index (χ0n) is 34.2. The summed E-state index contributed by atoms with van der Waals surface area (Å²) in [7, 11) is 1.59. The molecule has 2 N–H and O–H groups in total. The second-order valence-electron chi connectivity index (χ2n) is 16.6. The normalized spacial score (nSPS) is 24.5. The quantitative estimate of drug-likeness (QED) is 0.120. The molecule has 0 bridgehead atoms. The van der Waals surface area contributed by atoms with Crippen LogP contribution in [0, 0.1) is 11.3 Å². The number of allylic oxidation sites excluding steroid dienone is 1. The molecule has 1 aliphatic carbocycles. The number of carboxylic acids is 1. The zero-order chi connectivity index (χ0) is 41.6. The number of hydrogen-bond donors (Lipinski definition) is 2. The molecule has 0 spiro atoms. The number of benzene rings is 2. The maximum Gasteiger partial charge on any atom is 0.332 e. The smallest absolute Gasteiger partial charge is 0.332 e. The van der Waals surface area contributed by atoms with E-state index in [2.05, 4.69) is 5.32 Å². The predicted octanol–water partition coefficient (Wildman–Crippen LogP) is 6.33. The monoisotopic (exact) mass is 796 g/mol. The highest BCUT2D eigenvalue weighted by Crippen LogP contribution is 2.46. The van der Waals surface area contributed by atoms with Crippen molar-refractivity contribution in [3.8, 4) is 22.8 Å². The SMILES string of the molecule is CCOC(=O)C12CC1/C=C\CCCC(=O)N(CCCCCC(=O)O)[C@@H](C(C)(C)C)C(=O)N1C[C@H](Oc3cc(-c4ccccc4)nc4cc(OC)ccc34)CC1C(=O)N2. The van der Waals surface area contributed by atoms with E-state index in [1.54, 1.807) is 18.9 Å². The van der Waals surface area contributed by atoms with E-state index >= 15 is 4.79 Å². The van der Waals surface area contributed by atoms with E-state index in [1.165, 1.54) is 4.90 Å². The van der Waals surface area contributed by atoms with Crippen LogP contribution in [0.25, 0.3) is 22.2 Å². The Morgan fingerprint density at radius 3 is 2.52 bits per heavy atom. The number of aromatic nitrogens is 1. The molecule has 3 unspecified atom stereocenters. The Morgan fingerprint density at radius 2 is 1.81 bits per heavy atom. The van der Waals surface area contributed by atoms with Crippen molar-refractivity contribution in [1.29, 1.82) is 0 Å². The minimum Gasteiger partial charge on any atom is -0.497 e. The molecule has 1 aromatic heterocycles. The molecule has 3 aromatic rings. The Balaban J connectivity index is 1.39. The Hall–Kier alpha value is -5.46. The molecule has 3 aliphatic rings. The maximum atomic E-state index is 15.2. The van der Waals surface area contributed by atoms with Crippen molar-refractivity contribution >= 4 is 40.6 Å². The fourth-order valence-electron chi connectivity index (χ4n) is 8.26. The van der Waals surface area contributed by atoms with Gasteiger partial charge in [-0.05, 0) is 56.6 Å². The molecule has 6 rings (SSSR count). The van der Waals surface area contributed by atoms with E-state index in [-0.39, 0.29) is 50.8 Å². The molecule has 2 fully saturated rings. The van der Waals surface area contributed by atoms with Gasteiger partial charge in [-0.1, -0.05) is 69.7 Å². The summed E-state index contributed by atoms with van der Waals surface area (Å²) in [5.74, 6) is -1.61. The average Bonchev–Trinajstić information content (AvgIpc) is 3.72. The first-order chi connectivity index (χ1) is 27.7. The molecule has 3 heterocycles. The van der Waals surface area contributed by atoms with E-state index in [9.17, 15) is 24.3 Å². The molecule has 2 aromatic carbocycles. The van der Waals surface area contributed by atoms with Crippen LogP contribution in [0.4, 0.5) is 0 Å². The van der Waals surface area contributed by atoms with Gasteiger partial charge in [-0.3, -0.25) is 19.2 Å². The van der Waals surface area contributed by atoms with Crippen molar-refractivity contribution < 1.29 is 43.3 Å². The Kier molecular flexibility index (Phi) is 13.1. The Morgan fingerprint density at radius 1 is 1.03 bits per heavy atom. The Bertz CT molecular complexity index is 2030. The van der Waals surface area contributed by atoms with Gasteiger partial charge in [-0.2, -0.15) is 0 Å². The third kappa shape index (κ3) is 9.45. The van der Waals surface area contributed by atoms with Crippen molar-refractivity contribution in [2.45, 2.75) is 109 Å². The number of methoxy groups -OCH3 is 1. The van der Waals surface area contributed by atoms with Crippen molar-refractivity contribution in [1.82, 2.24) is 20.1 Å². The van der Waals surface area contributed by atoms with Gasteiger partial charge in [0.2, 0.25) is 17.7 Å². The number of amides is 3. The third-order valence-corrected chi connectivity index (χ3v) is 11.3. The number of aliphatic carboxylic acids is 1. The highest BCUT2D eigenvalue weighted by Gasteiger charge is 2.62. The summed E-state index contributed by atoms with van der Waals surface area (Å²) in [6, 6.07) is 15.1.